The van der Waals surface area contributed by atoms with Crippen molar-refractivity contribution in [3.8, 4) is 5.75 Å². The van der Waals surface area contributed by atoms with E-state index in [2.05, 4.69) is 27.2 Å². The topological polar surface area (TPSA) is 54.0 Å². The van der Waals surface area contributed by atoms with Gasteiger partial charge < -0.3 is 24.6 Å². The van der Waals surface area contributed by atoms with Gasteiger partial charge in [0.1, 0.15) is 5.75 Å². The second-order valence-corrected chi connectivity index (χ2v) is 6.56. The Bertz CT molecular complexity index is 785. The zero-order chi connectivity index (χ0) is 19.2. The van der Waals surface area contributed by atoms with Gasteiger partial charge in [-0.3, -0.25) is 0 Å². The zero-order valence-corrected chi connectivity index (χ0v) is 16.3. The molecule has 2 aromatic rings. The number of carbonyl (C=O) groups excluding carboxylic acids is 1. The van der Waals surface area contributed by atoms with Gasteiger partial charge in [0.25, 0.3) is 0 Å². The van der Waals surface area contributed by atoms with Crippen LogP contribution >= 0.6 is 12.2 Å². The van der Waals surface area contributed by atoms with Crippen LogP contribution in [0.15, 0.2) is 48.5 Å². The van der Waals surface area contributed by atoms with Gasteiger partial charge in [0, 0.05) is 37.6 Å². The lowest BCUT2D eigenvalue weighted by Crippen LogP contribution is -2.50. The van der Waals surface area contributed by atoms with Crippen molar-refractivity contribution in [3.63, 3.8) is 0 Å². The maximum atomic E-state index is 11.5. The molecule has 0 unspecified atom stereocenters. The molecule has 0 aliphatic carbocycles. The van der Waals surface area contributed by atoms with E-state index in [1.54, 1.807) is 19.2 Å². The molecule has 1 heterocycles. The Balaban J connectivity index is 1.52. The van der Waals surface area contributed by atoms with Crippen molar-refractivity contribution >= 4 is 34.7 Å². The summed E-state index contributed by atoms with van der Waals surface area (Å²) in [5.74, 6) is 0.514. The minimum absolute atomic E-state index is 0.348. The van der Waals surface area contributed by atoms with Crippen LogP contribution in [0.2, 0.25) is 0 Å². The lowest BCUT2D eigenvalue weighted by molar-refractivity contribution is 0.0601. The van der Waals surface area contributed by atoms with Crippen LogP contribution in [-0.2, 0) is 4.74 Å². The minimum Gasteiger partial charge on any atom is -0.497 e. The minimum atomic E-state index is -0.348. The van der Waals surface area contributed by atoms with Crippen molar-refractivity contribution in [2.24, 2.45) is 0 Å². The lowest BCUT2D eigenvalue weighted by Gasteiger charge is -2.37. The number of hydrogen-bond donors (Lipinski definition) is 1. The van der Waals surface area contributed by atoms with Crippen molar-refractivity contribution in [1.82, 2.24) is 4.90 Å². The van der Waals surface area contributed by atoms with E-state index in [1.807, 2.05) is 24.3 Å². The van der Waals surface area contributed by atoms with Crippen LogP contribution in [0.3, 0.4) is 0 Å². The second kappa shape index (κ2) is 8.73. The molecule has 27 heavy (non-hydrogen) atoms. The molecule has 1 saturated heterocycles. The van der Waals surface area contributed by atoms with Crippen LogP contribution < -0.4 is 15.0 Å². The van der Waals surface area contributed by atoms with Gasteiger partial charge in [0.15, 0.2) is 5.11 Å². The monoisotopic (exact) mass is 385 g/mol. The molecule has 0 bridgehead atoms. The molecule has 1 fully saturated rings. The quantitative estimate of drug-likeness (QED) is 0.641. The van der Waals surface area contributed by atoms with Crippen LogP contribution in [0.4, 0.5) is 11.4 Å². The van der Waals surface area contributed by atoms with Crippen LogP contribution in [0.5, 0.6) is 5.75 Å². The number of rotatable bonds is 4. The van der Waals surface area contributed by atoms with E-state index in [0.717, 1.165) is 37.6 Å². The summed E-state index contributed by atoms with van der Waals surface area (Å²) in [6.07, 6.45) is 0. The maximum absolute atomic E-state index is 11.5. The first-order chi connectivity index (χ1) is 13.1. The summed E-state index contributed by atoms with van der Waals surface area (Å²) in [6.45, 7) is 3.49. The lowest BCUT2D eigenvalue weighted by atomic mass is 10.2. The number of nitrogens with zero attached hydrogens (tertiary/aromatic N) is 2. The van der Waals surface area contributed by atoms with Crippen LogP contribution in [-0.4, -0.2) is 56.4 Å². The number of nitrogens with one attached hydrogen (secondary N) is 1. The SMILES string of the molecule is COC(=O)c1ccc(NC(=S)N2CCN(c3ccc(OC)cc3)CC2)cc1. The summed E-state index contributed by atoms with van der Waals surface area (Å²) < 4.78 is 9.92. The van der Waals surface area contributed by atoms with Gasteiger partial charge in [0.05, 0.1) is 19.8 Å². The molecule has 1 N–H and O–H groups in total. The van der Waals surface area contributed by atoms with Gasteiger partial charge in [-0.05, 0) is 60.7 Å². The third kappa shape index (κ3) is 4.68. The fourth-order valence-electron chi connectivity index (χ4n) is 2.97. The molecule has 7 heteroatoms. The van der Waals surface area contributed by atoms with Crippen molar-refractivity contribution in [2.75, 3.05) is 50.6 Å². The molecule has 1 aliphatic rings. The largest absolute Gasteiger partial charge is 0.497 e. The summed E-state index contributed by atoms with van der Waals surface area (Å²) in [6, 6.07) is 15.2. The third-order valence-corrected chi connectivity index (χ3v) is 4.92. The van der Waals surface area contributed by atoms with E-state index in [9.17, 15) is 4.79 Å². The van der Waals surface area contributed by atoms with E-state index in [-0.39, 0.29) is 5.97 Å². The standard InChI is InChI=1S/C20H23N3O3S/c1-25-18-9-7-17(8-10-18)22-11-13-23(14-12-22)20(27)21-16-5-3-15(4-6-16)19(24)26-2/h3-10H,11-14H2,1-2H3,(H,21,27). The highest BCUT2D eigenvalue weighted by Crippen LogP contribution is 2.21. The van der Waals surface area contributed by atoms with E-state index in [4.69, 9.17) is 21.7 Å². The Labute approximate surface area is 164 Å². The first-order valence-corrected chi connectivity index (χ1v) is 9.15. The summed E-state index contributed by atoms with van der Waals surface area (Å²) in [7, 11) is 3.04. The van der Waals surface area contributed by atoms with Crippen molar-refractivity contribution in [2.45, 2.75) is 0 Å². The van der Waals surface area contributed by atoms with Gasteiger partial charge in [-0.25, -0.2) is 4.79 Å². The summed E-state index contributed by atoms with van der Waals surface area (Å²) in [4.78, 5) is 16.0. The Morgan fingerprint density at radius 2 is 1.59 bits per heavy atom. The Morgan fingerprint density at radius 1 is 0.963 bits per heavy atom. The van der Waals surface area contributed by atoms with E-state index in [0.29, 0.717) is 10.7 Å². The molecule has 142 valence electrons. The molecule has 0 radical (unpaired) electrons. The highest BCUT2D eigenvalue weighted by molar-refractivity contribution is 7.80. The predicted octanol–water partition coefficient (Wildman–Crippen LogP) is 3.00. The van der Waals surface area contributed by atoms with Gasteiger partial charge in [-0.1, -0.05) is 0 Å². The second-order valence-electron chi connectivity index (χ2n) is 6.17. The first-order valence-electron chi connectivity index (χ1n) is 8.74. The number of benzene rings is 2. The van der Waals surface area contributed by atoms with E-state index < -0.39 is 0 Å². The van der Waals surface area contributed by atoms with Crippen molar-refractivity contribution < 1.29 is 14.3 Å². The predicted molar refractivity (Wildman–Crippen MR) is 111 cm³/mol. The molecule has 2 aromatic carbocycles. The van der Waals surface area contributed by atoms with Gasteiger partial charge in [0.2, 0.25) is 0 Å². The number of thiocarbonyl (C=S) groups is 1. The summed E-state index contributed by atoms with van der Waals surface area (Å²) >= 11 is 5.54. The third-order valence-electron chi connectivity index (χ3n) is 4.56. The molecule has 0 atom stereocenters. The van der Waals surface area contributed by atoms with Gasteiger partial charge in [-0.15, -0.1) is 0 Å². The van der Waals surface area contributed by atoms with Crippen LogP contribution in [0, 0.1) is 0 Å². The number of esters is 1. The number of hydrogen-bond acceptors (Lipinski definition) is 5. The summed E-state index contributed by atoms with van der Waals surface area (Å²) in [5, 5.41) is 3.93. The van der Waals surface area contributed by atoms with E-state index >= 15 is 0 Å². The Hall–Kier alpha value is -2.80. The molecule has 0 saturated carbocycles. The Kier molecular flexibility index (Phi) is 6.13. The molecule has 0 spiro atoms. The highest BCUT2D eigenvalue weighted by atomic mass is 32.1. The smallest absolute Gasteiger partial charge is 0.337 e. The first kappa shape index (κ1) is 19.0. The molecular formula is C20H23N3O3S. The van der Waals surface area contributed by atoms with Crippen LogP contribution in [0.25, 0.3) is 0 Å². The fourth-order valence-corrected chi connectivity index (χ4v) is 3.27. The molecule has 0 amide bonds. The molecule has 3 rings (SSSR count). The fraction of sp³-hybridized carbons (Fsp3) is 0.300. The Morgan fingerprint density at radius 3 is 2.15 bits per heavy atom. The zero-order valence-electron chi connectivity index (χ0n) is 15.5. The number of piperazine rings is 1. The molecule has 6 nitrogen and oxygen atoms in total. The average molecular weight is 385 g/mol. The summed E-state index contributed by atoms with van der Waals surface area (Å²) in [5.41, 5.74) is 2.56. The van der Waals surface area contributed by atoms with Crippen LogP contribution in [0.1, 0.15) is 10.4 Å². The van der Waals surface area contributed by atoms with Crippen molar-refractivity contribution in [1.29, 1.82) is 0 Å². The van der Waals surface area contributed by atoms with Gasteiger partial charge >= 0.3 is 5.97 Å². The van der Waals surface area contributed by atoms with E-state index in [1.165, 1.54) is 12.8 Å². The molecular weight excluding hydrogens is 362 g/mol. The number of carbonyl (C=O) groups is 1. The van der Waals surface area contributed by atoms with Crippen molar-refractivity contribution in [3.05, 3.63) is 54.1 Å². The molecule has 0 aromatic heterocycles. The molecule has 1 aliphatic heterocycles. The highest BCUT2D eigenvalue weighted by Gasteiger charge is 2.19. The number of methoxy groups -OCH3 is 2. The maximum Gasteiger partial charge on any atom is 0.337 e. The van der Waals surface area contributed by atoms with Gasteiger partial charge in [-0.2, -0.15) is 0 Å². The average Bonchev–Trinajstić information content (AvgIpc) is 2.74. The number of ether oxygens (including phenoxy) is 2. The number of anilines is 2. The normalized spacial score (nSPS) is 13.9.